The number of aryl methyl sites for hydroxylation is 1. The summed E-state index contributed by atoms with van der Waals surface area (Å²) in [6, 6.07) is 15.7. The molecule has 2 aromatic rings. The number of carbonyl (C=O) groups is 1. The predicted octanol–water partition coefficient (Wildman–Crippen LogP) is 4.05. The molecule has 0 aromatic heterocycles. The highest BCUT2D eigenvalue weighted by Crippen LogP contribution is 2.22. The first-order valence-electron chi connectivity index (χ1n) is 7.97. The molecule has 0 heterocycles. The molecule has 0 fully saturated rings. The molecule has 0 atom stereocenters. The number of aliphatic hydroxyl groups is 1. The molecule has 0 bridgehead atoms. The standard InChI is InChI=1S/C20H25NO2/c1-20(2,3)17-9-4-15(5-10-17)8-13-19(23)21-18-11-6-16(14-22)7-12-18/h4-7,9-12,22H,8,13-14H2,1-3H3,(H,21,23). The molecular weight excluding hydrogens is 286 g/mol. The number of benzene rings is 2. The number of hydrogen-bond donors (Lipinski definition) is 2. The van der Waals surface area contributed by atoms with Crippen LogP contribution in [-0.2, 0) is 23.2 Å². The number of nitrogens with one attached hydrogen (secondary N) is 1. The van der Waals surface area contributed by atoms with Crippen LogP contribution in [0.5, 0.6) is 0 Å². The van der Waals surface area contributed by atoms with Crippen LogP contribution in [0, 0.1) is 0 Å². The van der Waals surface area contributed by atoms with Crippen LogP contribution < -0.4 is 5.32 Å². The average Bonchev–Trinajstić information content (AvgIpc) is 2.53. The van der Waals surface area contributed by atoms with E-state index >= 15 is 0 Å². The van der Waals surface area contributed by atoms with E-state index in [2.05, 4.69) is 50.4 Å². The number of hydrogen-bond acceptors (Lipinski definition) is 2. The van der Waals surface area contributed by atoms with Crippen molar-refractivity contribution >= 4 is 11.6 Å². The van der Waals surface area contributed by atoms with Gasteiger partial charge in [-0.15, -0.1) is 0 Å². The minimum atomic E-state index is 0.00152. The summed E-state index contributed by atoms with van der Waals surface area (Å²) >= 11 is 0. The Morgan fingerprint density at radius 3 is 2.04 bits per heavy atom. The molecular formula is C20H25NO2. The van der Waals surface area contributed by atoms with Crippen LogP contribution in [-0.4, -0.2) is 11.0 Å². The molecule has 2 rings (SSSR count). The first kappa shape index (κ1) is 17.2. The third kappa shape index (κ3) is 5.22. The molecule has 0 aliphatic heterocycles. The average molecular weight is 311 g/mol. The fraction of sp³-hybridized carbons (Fsp3) is 0.350. The number of carbonyl (C=O) groups excluding carboxylic acids is 1. The van der Waals surface area contributed by atoms with E-state index < -0.39 is 0 Å². The summed E-state index contributed by atoms with van der Waals surface area (Å²) in [5.41, 5.74) is 4.21. The van der Waals surface area contributed by atoms with Gasteiger partial charge in [-0.2, -0.15) is 0 Å². The SMILES string of the molecule is CC(C)(C)c1ccc(CCC(=O)Nc2ccc(CO)cc2)cc1. The molecule has 0 spiro atoms. The molecule has 122 valence electrons. The van der Waals surface area contributed by atoms with Gasteiger partial charge < -0.3 is 10.4 Å². The van der Waals surface area contributed by atoms with Crippen molar-refractivity contribution < 1.29 is 9.90 Å². The third-order valence-corrected chi connectivity index (χ3v) is 3.88. The quantitative estimate of drug-likeness (QED) is 0.875. The Labute approximate surface area is 138 Å². The van der Waals surface area contributed by atoms with Crippen molar-refractivity contribution in [1.29, 1.82) is 0 Å². The normalized spacial score (nSPS) is 11.3. The molecule has 3 nitrogen and oxygen atoms in total. The Hall–Kier alpha value is -2.13. The van der Waals surface area contributed by atoms with Crippen molar-refractivity contribution in [3.05, 3.63) is 65.2 Å². The second-order valence-corrected chi connectivity index (χ2v) is 6.85. The molecule has 0 radical (unpaired) electrons. The van der Waals surface area contributed by atoms with Crippen LogP contribution >= 0.6 is 0 Å². The first-order chi connectivity index (χ1) is 10.9. The number of amides is 1. The summed E-state index contributed by atoms with van der Waals surface area (Å²) in [5, 5.41) is 11.9. The van der Waals surface area contributed by atoms with Crippen LogP contribution in [0.4, 0.5) is 5.69 Å². The van der Waals surface area contributed by atoms with E-state index in [1.54, 1.807) is 12.1 Å². The van der Waals surface area contributed by atoms with E-state index in [1.807, 2.05) is 12.1 Å². The molecule has 2 N–H and O–H groups in total. The summed E-state index contributed by atoms with van der Waals surface area (Å²) in [6.45, 7) is 6.59. The Balaban J connectivity index is 1.86. The largest absolute Gasteiger partial charge is 0.392 e. The van der Waals surface area contributed by atoms with E-state index in [0.717, 1.165) is 17.7 Å². The van der Waals surface area contributed by atoms with Gasteiger partial charge in [-0.1, -0.05) is 57.2 Å². The Kier molecular flexibility index (Phi) is 5.56. The highest BCUT2D eigenvalue weighted by molar-refractivity contribution is 5.90. The van der Waals surface area contributed by atoms with Gasteiger partial charge in [0.1, 0.15) is 0 Å². The van der Waals surface area contributed by atoms with Crippen LogP contribution in [0.15, 0.2) is 48.5 Å². The van der Waals surface area contributed by atoms with Gasteiger partial charge in [0.2, 0.25) is 5.91 Å². The number of anilines is 1. The molecule has 23 heavy (non-hydrogen) atoms. The third-order valence-electron chi connectivity index (χ3n) is 3.88. The molecule has 0 saturated heterocycles. The lowest BCUT2D eigenvalue weighted by molar-refractivity contribution is -0.116. The summed E-state index contributed by atoms with van der Waals surface area (Å²) in [7, 11) is 0. The van der Waals surface area contributed by atoms with E-state index in [4.69, 9.17) is 5.11 Å². The van der Waals surface area contributed by atoms with Crippen molar-refractivity contribution in [2.24, 2.45) is 0 Å². The summed E-state index contributed by atoms with van der Waals surface area (Å²) in [4.78, 5) is 12.0. The van der Waals surface area contributed by atoms with Gasteiger partial charge in [-0.3, -0.25) is 4.79 Å². The lowest BCUT2D eigenvalue weighted by Gasteiger charge is -2.19. The van der Waals surface area contributed by atoms with Crippen molar-refractivity contribution in [3.8, 4) is 0 Å². The monoisotopic (exact) mass is 311 g/mol. The van der Waals surface area contributed by atoms with Crippen molar-refractivity contribution in [1.82, 2.24) is 0 Å². The van der Waals surface area contributed by atoms with Gasteiger partial charge in [0.05, 0.1) is 6.61 Å². The molecule has 0 saturated carbocycles. The maximum atomic E-state index is 12.0. The second-order valence-electron chi connectivity index (χ2n) is 6.85. The molecule has 0 aliphatic carbocycles. The van der Waals surface area contributed by atoms with Crippen LogP contribution in [0.3, 0.4) is 0 Å². The van der Waals surface area contributed by atoms with Gasteiger partial charge in [0.25, 0.3) is 0 Å². The lowest BCUT2D eigenvalue weighted by atomic mass is 9.86. The molecule has 3 heteroatoms. The zero-order valence-corrected chi connectivity index (χ0v) is 14.1. The highest BCUT2D eigenvalue weighted by Gasteiger charge is 2.13. The second kappa shape index (κ2) is 7.42. The zero-order valence-electron chi connectivity index (χ0n) is 14.1. The number of aliphatic hydroxyl groups excluding tert-OH is 1. The van der Waals surface area contributed by atoms with Crippen molar-refractivity contribution in [2.75, 3.05) is 5.32 Å². The van der Waals surface area contributed by atoms with Crippen LogP contribution in [0.2, 0.25) is 0 Å². The van der Waals surface area contributed by atoms with Gasteiger partial charge >= 0.3 is 0 Å². The Morgan fingerprint density at radius 1 is 0.957 bits per heavy atom. The fourth-order valence-corrected chi connectivity index (χ4v) is 2.35. The Bertz CT molecular complexity index is 637. The van der Waals surface area contributed by atoms with Crippen molar-refractivity contribution in [3.63, 3.8) is 0 Å². The van der Waals surface area contributed by atoms with E-state index in [-0.39, 0.29) is 17.9 Å². The van der Waals surface area contributed by atoms with Crippen LogP contribution in [0.25, 0.3) is 0 Å². The molecule has 1 amide bonds. The maximum Gasteiger partial charge on any atom is 0.224 e. The van der Waals surface area contributed by atoms with Gasteiger partial charge in [-0.25, -0.2) is 0 Å². The lowest BCUT2D eigenvalue weighted by Crippen LogP contribution is -2.13. The summed E-state index contributed by atoms with van der Waals surface area (Å²) in [6.07, 6.45) is 1.18. The Morgan fingerprint density at radius 2 is 1.52 bits per heavy atom. The van der Waals surface area contributed by atoms with Gasteiger partial charge in [0.15, 0.2) is 0 Å². The maximum absolute atomic E-state index is 12.0. The predicted molar refractivity (Wildman–Crippen MR) is 94.5 cm³/mol. The van der Waals surface area contributed by atoms with Crippen molar-refractivity contribution in [2.45, 2.75) is 45.6 Å². The van der Waals surface area contributed by atoms with Gasteiger partial charge in [0, 0.05) is 12.1 Å². The van der Waals surface area contributed by atoms with Gasteiger partial charge in [-0.05, 0) is 40.7 Å². The number of rotatable bonds is 5. The zero-order chi connectivity index (χ0) is 16.9. The topological polar surface area (TPSA) is 49.3 Å². The van der Waals surface area contributed by atoms with E-state index in [1.165, 1.54) is 11.1 Å². The molecule has 0 aliphatic rings. The van der Waals surface area contributed by atoms with Crippen LogP contribution in [0.1, 0.15) is 43.9 Å². The smallest absolute Gasteiger partial charge is 0.224 e. The minimum Gasteiger partial charge on any atom is -0.392 e. The highest BCUT2D eigenvalue weighted by atomic mass is 16.3. The first-order valence-corrected chi connectivity index (χ1v) is 7.97. The summed E-state index contributed by atoms with van der Waals surface area (Å²) < 4.78 is 0. The summed E-state index contributed by atoms with van der Waals surface area (Å²) in [5.74, 6) is 0.00152. The minimum absolute atomic E-state index is 0.00152. The van der Waals surface area contributed by atoms with E-state index in [0.29, 0.717) is 6.42 Å². The molecule has 0 unspecified atom stereocenters. The molecule has 2 aromatic carbocycles. The van der Waals surface area contributed by atoms with E-state index in [9.17, 15) is 4.79 Å². The fourth-order valence-electron chi connectivity index (χ4n) is 2.35.